The molecule has 3 rings (SSSR count). The van der Waals surface area contributed by atoms with Crippen molar-refractivity contribution in [2.24, 2.45) is 5.73 Å². The fraction of sp³-hybridized carbons (Fsp3) is 0.250. The van der Waals surface area contributed by atoms with Gasteiger partial charge in [0.15, 0.2) is 5.82 Å². The molecule has 0 atom stereocenters. The molecule has 0 saturated heterocycles. The van der Waals surface area contributed by atoms with Crippen LogP contribution in [0.2, 0.25) is 0 Å². The largest absolute Gasteiger partial charge is 0.326 e. The van der Waals surface area contributed by atoms with Crippen molar-refractivity contribution in [2.75, 3.05) is 0 Å². The van der Waals surface area contributed by atoms with Gasteiger partial charge in [0.2, 0.25) is 0 Å². The van der Waals surface area contributed by atoms with E-state index in [0.29, 0.717) is 6.54 Å². The number of fused-ring (bicyclic) bond motifs is 1. The van der Waals surface area contributed by atoms with Gasteiger partial charge in [0, 0.05) is 19.3 Å². The number of hydrogen-bond donors (Lipinski definition) is 1. The molecule has 0 saturated carbocycles. The Morgan fingerprint density at radius 2 is 2.10 bits per heavy atom. The zero-order valence-electron chi connectivity index (χ0n) is 11.6. The second-order valence-electron chi connectivity index (χ2n) is 4.83. The van der Waals surface area contributed by atoms with E-state index in [2.05, 4.69) is 34.7 Å². The average Bonchev–Trinajstić information content (AvgIpc) is 2.86. The van der Waals surface area contributed by atoms with Crippen LogP contribution in [0.4, 0.5) is 0 Å². The first-order valence-corrected chi connectivity index (χ1v) is 6.94. The van der Waals surface area contributed by atoms with Crippen molar-refractivity contribution in [3.8, 4) is 11.5 Å². The van der Waals surface area contributed by atoms with Crippen molar-refractivity contribution in [2.45, 2.75) is 26.4 Å². The molecular formula is C16H18N4. The quantitative estimate of drug-likeness (QED) is 0.789. The van der Waals surface area contributed by atoms with Gasteiger partial charge in [0.25, 0.3) is 0 Å². The lowest BCUT2D eigenvalue weighted by Gasteiger charge is -2.07. The molecule has 0 radical (unpaired) electrons. The molecule has 3 aromatic rings. The lowest BCUT2D eigenvalue weighted by molar-refractivity contribution is 0.702. The molecule has 2 heterocycles. The maximum absolute atomic E-state index is 5.71. The summed E-state index contributed by atoms with van der Waals surface area (Å²) in [5, 5.41) is 0. The summed E-state index contributed by atoms with van der Waals surface area (Å²) in [6, 6.07) is 12.1. The molecule has 102 valence electrons. The van der Waals surface area contributed by atoms with Crippen LogP contribution in [0.5, 0.6) is 0 Å². The minimum Gasteiger partial charge on any atom is -0.326 e. The number of hydrogen-bond acceptors (Lipinski definition) is 3. The Hall–Kier alpha value is -2.20. The van der Waals surface area contributed by atoms with Gasteiger partial charge in [0.1, 0.15) is 5.69 Å². The molecule has 0 spiro atoms. The van der Waals surface area contributed by atoms with Crippen molar-refractivity contribution >= 4 is 11.0 Å². The van der Waals surface area contributed by atoms with Gasteiger partial charge in [-0.2, -0.15) is 0 Å². The zero-order chi connectivity index (χ0) is 13.9. The molecule has 2 N–H and O–H groups in total. The molecule has 0 fully saturated rings. The highest BCUT2D eigenvalue weighted by atomic mass is 15.1. The molecule has 20 heavy (non-hydrogen) atoms. The van der Waals surface area contributed by atoms with Gasteiger partial charge in [-0.15, -0.1) is 0 Å². The molecule has 0 unspecified atom stereocenters. The monoisotopic (exact) mass is 266 g/mol. The van der Waals surface area contributed by atoms with Crippen molar-refractivity contribution in [1.29, 1.82) is 0 Å². The zero-order valence-corrected chi connectivity index (χ0v) is 11.6. The SMILES string of the molecule is CCCn1c(-c2ccccn2)nc2cc(CN)ccc21. The van der Waals surface area contributed by atoms with E-state index in [1.165, 1.54) is 0 Å². The Bertz CT molecular complexity index is 716. The highest BCUT2D eigenvalue weighted by Crippen LogP contribution is 2.24. The van der Waals surface area contributed by atoms with Gasteiger partial charge >= 0.3 is 0 Å². The molecule has 0 aliphatic rings. The maximum atomic E-state index is 5.71. The first-order valence-electron chi connectivity index (χ1n) is 6.94. The van der Waals surface area contributed by atoms with Crippen LogP contribution in [0.25, 0.3) is 22.6 Å². The molecule has 1 aromatic carbocycles. The van der Waals surface area contributed by atoms with Gasteiger partial charge in [-0.1, -0.05) is 19.1 Å². The molecular weight excluding hydrogens is 248 g/mol. The molecule has 4 heteroatoms. The molecule has 0 aliphatic carbocycles. The highest BCUT2D eigenvalue weighted by molar-refractivity contribution is 5.80. The Kier molecular flexibility index (Phi) is 3.48. The standard InChI is InChI=1S/C16H18N4/c1-2-9-20-15-7-6-12(11-17)10-14(15)19-16(20)13-5-3-4-8-18-13/h3-8,10H,2,9,11,17H2,1H3. The van der Waals surface area contributed by atoms with E-state index in [1.54, 1.807) is 6.20 Å². The second kappa shape index (κ2) is 5.43. The van der Waals surface area contributed by atoms with Crippen LogP contribution in [-0.2, 0) is 13.1 Å². The third-order valence-corrected chi connectivity index (χ3v) is 3.39. The third-order valence-electron chi connectivity index (χ3n) is 3.39. The minimum absolute atomic E-state index is 0.537. The van der Waals surface area contributed by atoms with Crippen molar-refractivity contribution < 1.29 is 0 Å². The van der Waals surface area contributed by atoms with Crippen molar-refractivity contribution in [1.82, 2.24) is 14.5 Å². The number of nitrogens with zero attached hydrogens (tertiary/aromatic N) is 3. The maximum Gasteiger partial charge on any atom is 0.159 e. The molecule has 0 aliphatic heterocycles. The number of nitrogens with two attached hydrogens (primary N) is 1. The van der Waals surface area contributed by atoms with E-state index in [0.717, 1.165) is 41.1 Å². The lowest BCUT2D eigenvalue weighted by atomic mass is 10.2. The number of pyridine rings is 1. The Morgan fingerprint density at radius 1 is 1.20 bits per heavy atom. The summed E-state index contributed by atoms with van der Waals surface area (Å²) >= 11 is 0. The van der Waals surface area contributed by atoms with Crippen LogP contribution in [0.15, 0.2) is 42.6 Å². The highest BCUT2D eigenvalue weighted by Gasteiger charge is 2.12. The predicted molar refractivity (Wildman–Crippen MR) is 81.1 cm³/mol. The van der Waals surface area contributed by atoms with Crippen LogP contribution in [0.3, 0.4) is 0 Å². The van der Waals surface area contributed by atoms with Crippen molar-refractivity contribution in [3.05, 3.63) is 48.2 Å². The summed E-state index contributed by atoms with van der Waals surface area (Å²) in [7, 11) is 0. The van der Waals surface area contributed by atoms with Gasteiger partial charge < -0.3 is 10.3 Å². The summed E-state index contributed by atoms with van der Waals surface area (Å²) in [6.45, 7) is 3.64. The van der Waals surface area contributed by atoms with E-state index in [-0.39, 0.29) is 0 Å². The number of imidazole rings is 1. The predicted octanol–water partition coefficient (Wildman–Crippen LogP) is 2.97. The van der Waals surface area contributed by atoms with Crippen molar-refractivity contribution in [3.63, 3.8) is 0 Å². The van der Waals surface area contributed by atoms with E-state index < -0.39 is 0 Å². The van der Waals surface area contributed by atoms with Crippen LogP contribution in [0, 0.1) is 0 Å². The smallest absolute Gasteiger partial charge is 0.159 e. The van der Waals surface area contributed by atoms with Crippen LogP contribution < -0.4 is 5.73 Å². The fourth-order valence-corrected chi connectivity index (χ4v) is 2.44. The summed E-state index contributed by atoms with van der Waals surface area (Å²) in [5.74, 6) is 0.927. The van der Waals surface area contributed by atoms with Crippen LogP contribution in [-0.4, -0.2) is 14.5 Å². The first kappa shape index (κ1) is 12.8. The topological polar surface area (TPSA) is 56.7 Å². The number of aromatic nitrogens is 3. The summed E-state index contributed by atoms with van der Waals surface area (Å²) in [6.07, 6.45) is 2.86. The van der Waals surface area contributed by atoms with E-state index in [4.69, 9.17) is 10.7 Å². The van der Waals surface area contributed by atoms with E-state index >= 15 is 0 Å². The van der Waals surface area contributed by atoms with Gasteiger partial charge in [-0.05, 0) is 36.2 Å². The van der Waals surface area contributed by atoms with Crippen LogP contribution >= 0.6 is 0 Å². The molecule has 2 aromatic heterocycles. The number of aryl methyl sites for hydroxylation is 1. The Balaban J connectivity index is 2.22. The Labute approximate surface area is 118 Å². The summed E-state index contributed by atoms with van der Waals surface area (Å²) in [4.78, 5) is 9.18. The summed E-state index contributed by atoms with van der Waals surface area (Å²) in [5.41, 5.74) is 9.85. The molecule has 4 nitrogen and oxygen atoms in total. The fourth-order valence-electron chi connectivity index (χ4n) is 2.44. The van der Waals surface area contributed by atoms with E-state index in [1.807, 2.05) is 18.2 Å². The molecule has 0 bridgehead atoms. The normalized spacial score (nSPS) is 11.1. The average molecular weight is 266 g/mol. The third kappa shape index (κ3) is 2.18. The number of benzene rings is 1. The minimum atomic E-state index is 0.537. The van der Waals surface area contributed by atoms with Gasteiger partial charge in [-0.25, -0.2) is 4.98 Å². The van der Waals surface area contributed by atoms with E-state index in [9.17, 15) is 0 Å². The Morgan fingerprint density at radius 3 is 2.80 bits per heavy atom. The second-order valence-corrected chi connectivity index (χ2v) is 4.83. The van der Waals surface area contributed by atoms with Gasteiger partial charge in [0.05, 0.1) is 11.0 Å². The van der Waals surface area contributed by atoms with Crippen LogP contribution in [0.1, 0.15) is 18.9 Å². The van der Waals surface area contributed by atoms with Gasteiger partial charge in [-0.3, -0.25) is 4.98 Å². The first-order chi connectivity index (χ1) is 9.83. The summed E-state index contributed by atoms with van der Waals surface area (Å²) < 4.78 is 2.23. The number of rotatable bonds is 4. The lowest BCUT2D eigenvalue weighted by Crippen LogP contribution is -2.01. The molecule has 0 amide bonds.